The quantitative estimate of drug-likeness (QED) is 0.218. The molecule has 3 aliphatic heterocycles. The molecule has 13 nitrogen and oxygen atoms in total. The maximum atomic E-state index is 11.9. The zero-order chi connectivity index (χ0) is 27.3. The van der Waals surface area contributed by atoms with Crippen molar-refractivity contribution in [2.75, 3.05) is 6.61 Å². The van der Waals surface area contributed by atoms with Crippen LogP contribution in [0.2, 0.25) is 0 Å². The fourth-order valence-electron chi connectivity index (χ4n) is 5.17. The Morgan fingerprint density at radius 2 is 1.71 bits per heavy atom. The van der Waals surface area contributed by atoms with Crippen LogP contribution < -0.4 is 10.1 Å². The van der Waals surface area contributed by atoms with E-state index in [2.05, 4.69) is 5.32 Å². The van der Waals surface area contributed by atoms with E-state index in [1.807, 2.05) is 0 Å². The van der Waals surface area contributed by atoms with Crippen LogP contribution in [0.5, 0.6) is 28.7 Å². The van der Waals surface area contributed by atoms with Gasteiger partial charge in [-0.2, -0.15) is 0 Å². The van der Waals surface area contributed by atoms with Gasteiger partial charge in [-0.15, -0.1) is 0 Å². The summed E-state index contributed by atoms with van der Waals surface area (Å²) in [4.78, 5) is 11.9. The van der Waals surface area contributed by atoms with E-state index in [4.69, 9.17) is 14.2 Å². The molecule has 0 unspecified atom stereocenters. The van der Waals surface area contributed by atoms with Crippen LogP contribution in [0.1, 0.15) is 41.7 Å². The minimum atomic E-state index is -1.71. The van der Waals surface area contributed by atoms with Crippen molar-refractivity contribution in [1.82, 2.24) is 5.32 Å². The van der Waals surface area contributed by atoms with Gasteiger partial charge in [0, 0.05) is 24.5 Å². The van der Waals surface area contributed by atoms with Gasteiger partial charge in [0.25, 0.3) is 0 Å². The smallest absolute Gasteiger partial charge is 0.220 e. The minimum absolute atomic E-state index is 0.0730. The van der Waals surface area contributed by atoms with E-state index in [1.54, 1.807) is 0 Å². The molecule has 8 atom stereocenters. The SMILES string of the molecule is O=C1CC[C@H](c2c(O)cc(O)c3c2O[C@H](c2ccc(O)c(O)c2)[C@@H](O[C@@H]2O[C@H](CO)[C@H](O)[C@H](O)[C@H]2O)C3)N1. The van der Waals surface area contributed by atoms with Crippen LogP contribution in [0, 0.1) is 0 Å². The lowest BCUT2D eigenvalue weighted by Gasteiger charge is -2.43. The first kappa shape index (κ1) is 26.3. The number of hydrogen-bond donors (Lipinski definition) is 9. The van der Waals surface area contributed by atoms with Crippen LogP contribution in [0.15, 0.2) is 24.3 Å². The van der Waals surface area contributed by atoms with Crippen LogP contribution in [0.3, 0.4) is 0 Å². The molecular weight excluding hydrogens is 506 g/mol. The van der Waals surface area contributed by atoms with Crippen LogP contribution in [0.4, 0.5) is 0 Å². The predicted molar refractivity (Wildman–Crippen MR) is 125 cm³/mol. The molecule has 0 bridgehead atoms. The number of benzene rings is 2. The van der Waals surface area contributed by atoms with E-state index in [9.17, 15) is 45.6 Å². The molecule has 2 saturated heterocycles. The molecule has 5 rings (SSSR count). The van der Waals surface area contributed by atoms with Crippen molar-refractivity contribution < 1.29 is 59.9 Å². The number of hydrogen-bond acceptors (Lipinski definition) is 12. The number of carbonyl (C=O) groups excluding carboxylic acids is 1. The maximum Gasteiger partial charge on any atom is 0.220 e. The highest BCUT2D eigenvalue weighted by atomic mass is 16.7. The Labute approximate surface area is 216 Å². The van der Waals surface area contributed by atoms with Gasteiger partial charge in [-0.1, -0.05) is 6.07 Å². The third-order valence-electron chi connectivity index (χ3n) is 7.19. The van der Waals surface area contributed by atoms with Crippen molar-refractivity contribution >= 4 is 5.91 Å². The Morgan fingerprint density at radius 1 is 0.947 bits per heavy atom. The standard InChI is InChI=1S/C25H29NO12/c27-8-17-20(33)21(34)22(35)25(37-17)36-16-6-10-13(29)7-15(31)19(11-2-4-18(32)26-11)24(10)38-23(16)9-1-3-12(28)14(30)5-9/h1,3,5,7,11,16-17,20-23,25,27-31,33-35H,2,4,6,8H2,(H,26,32)/t11-,16+,17-,20+,21+,22-,23-,25-/m1/s1. The maximum absolute atomic E-state index is 11.9. The van der Waals surface area contributed by atoms with Crippen LogP contribution in [0.25, 0.3) is 0 Å². The highest BCUT2D eigenvalue weighted by molar-refractivity contribution is 5.79. The number of phenols is 4. The lowest BCUT2D eigenvalue weighted by molar-refractivity contribution is -0.317. The summed E-state index contributed by atoms with van der Waals surface area (Å²) < 4.78 is 17.7. The molecule has 3 heterocycles. The lowest BCUT2D eigenvalue weighted by Crippen LogP contribution is -2.60. The van der Waals surface area contributed by atoms with Gasteiger partial charge in [-0.25, -0.2) is 0 Å². The van der Waals surface area contributed by atoms with Gasteiger partial charge in [-0.3, -0.25) is 4.79 Å². The lowest BCUT2D eigenvalue weighted by atomic mass is 9.89. The molecule has 9 N–H and O–H groups in total. The van der Waals surface area contributed by atoms with E-state index in [1.165, 1.54) is 18.2 Å². The molecule has 2 aromatic rings. The molecule has 38 heavy (non-hydrogen) atoms. The van der Waals surface area contributed by atoms with Gasteiger partial charge < -0.3 is 60.4 Å². The fourth-order valence-corrected chi connectivity index (χ4v) is 5.17. The van der Waals surface area contributed by atoms with Crippen LogP contribution in [-0.2, 0) is 20.7 Å². The summed E-state index contributed by atoms with van der Waals surface area (Å²) in [5, 5.41) is 84.4. The average Bonchev–Trinajstić information content (AvgIpc) is 3.31. The van der Waals surface area contributed by atoms with Crippen molar-refractivity contribution in [3.8, 4) is 28.7 Å². The van der Waals surface area contributed by atoms with Crippen molar-refractivity contribution in [2.24, 2.45) is 0 Å². The number of aromatic hydroxyl groups is 4. The number of aliphatic hydroxyl groups excluding tert-OH is 4. The summed E-state index contributed by atoms with van der Waals surface area (Å²) >= 11 is 0. The first-order valence-electron chi connectivity index (χ1n) is 12.1. The summed E-state index contributed by atoms with van der Waals surface area (Å²) in [5.74, 6) is -1.57. The topological polar surface area (TPSA) is 219 Å². The number of rotatable bonds is 5. The van der Waals surface area contributed by atoms with Gasteiger partial charge in [0.05, 0.1) is 18.2 Å². The molecule has 206 valence electrons. The number of ether oxygens (including phenoxy) is 3. The second-order valence-corrected chi connectivity index (χ2v) is 9.66. The second kappa shape index (κ2) is 10.1. The number of aliphatic hydroxyl groups is 4. The van der Waals surface area contributed by atoms with Gasteiger partial charge in [0.15, 0.2) is 23.9 Å². The zero-order valence-electron chi connectivity index (χ0n) is 20.0. The molecule has 2 fully saturated rings. The summed E-state index contributed by atoms with van der Waals surface area (Å²) in [5.41, 5.74) is 0.792. The summed E-state index contributed by atoms with van der Waals surface area (Å²) in [6, 6.07) is 4.45. The third kappa shape index (κ3) is 4.57. The molecule has 3 aliphatic rings. The molecule has 0 spiro atoms. The largest absolute Gasteiger partial charge is 0.507 e. The van der Waals surface area contributed by atoms with Gasteiger partial charge in [0.1, 0.15) is 47.8 Å². The number of carbonyl (C=O) groups is 1. The zero-order valence-corrected chi connectivity index (χ0v) is 20.0. The molecular formula is C25H29NO12. The Balaban J connectivity index is 1.55. The molecule has 0 aliphatic carbocycles. The van der Waals surface area contributed by atoms with E-state index in [-0.39, 0.29) is 52.9 Å². The highest BCUT2D eigenvalue weighted by Gasteiger charge is 2.47. The number of fused-ring (bicyclic) bond motifs is 1. The molecule has 0 radical (unpaired) electrons. The number of phenolic OH excluding ortho intramolecular Hbond substituents is 4. The first-order chi connectivity index (χ1) is 18.1. The van der Waals surface area contributed by atoms with Crippen LogP contribution >= 0.6 is 0 Å². The Morgan fingerprint density at radius 3 is 2.37 bits per heavy atom. The monoisotopic (exact) mass is 535 g/mol. The van der Waals surface area contributed by atoms with Crippen molar-refractivity contribution in [1.29, 1.82) is 0 Å². The normalized spacial score (nSPS) is 32.9. The van der Waals surface area contributed by atoms with E-state index < -0.39 is 61.3 Å². The van der Waals surface area contributed by atoms with E-state index in [0.717, 1.165) is 6.07 Å². The molecule has 0 aromatic heterocycles. The van der Waals surface area contributed by atoms with Crippen molar-refractivity contribution in [3.05, 3.63) is 41.0 Å². The van der Waals surface area contributed by atoms with Crippen molar-refractivity contribution in [2.45, 2.75) is 68.2 Å². The Bertz CT molecular complexity index is 1220. The summed E-state index contributed by atoms with van der Waals surface area (Å²) in [6.07, 6.45) is -9.33. The van der Waals surface area contributed by atoms with E-state index >= 15 is 0 Å². The highest BCUT2D eigenvalue weighted by Crippen LogP contribution is 2.50. The Kier molecular flexibility index (Phi) is 6.98. The summed E-state index contributed by atoms with van der Waals surface area (Å²) in [6.45, 7) is -0.666. The van der Waals surface area contributed by atoms with Gasteiger partial charge >= 0.3 is 0 Å². The first-order valence-corrected chi connectivity index (χ1v) is 12.1. The molecule has 0 saturated carbocycles. The van der Waals surface area contributed by atoms with E-state index in [0.29, 0.717) is 12.0 Å². The predicted octanol–water partition coefficient (Wildman–Crippen LogP) is -0.679. The average molecular weight is 536 g/mol. The second-order valence-electron chi connectivity index (χ2n) is 9.66. The van der Waals surface area contributed by atoms with Crippen molar-refractivity contribution in [3.63, 3.8) is 0 Å². The number of amides is 1. The Hall–Kier alpha value is -3.33. The minimum Gasteiger partial charge on any atom is -0.507 e. The fraction of sp³-hybridized carbons (Fsp3) is 0.480. The van der Waals surface area contributed by atoms with Gasteiger partial charge in [0.2, 0.25) is 5.91 Å². The molecule has 1 amide bonds. The molecule has 13 heteroatoms. The number of nitrogens with one attached hydrogen (secondary N) is 1. The third-order valence-corrected chi connectivity index (χ3v) is 7.19. The summed E-state index contributed by atoms with van der Waals surface area (Å²) in [7, 11) is 0. The van der Waals surface area contributed by atoms with Crippen LogP contribution in [-0.4, -0.2) is 90.2 Å². The van der Waals surface area contributed by atoms with Gasteiger partial charge in [-0.05, 0) is 24.1 Å². The molecule has 2 aromatic carbocycles.